The van der Waals surface area contributed by atoms with Crippen LogP contribution in [0.1, 0.15) is 43.5 Å². The molecule has 0 fully saturated rings. The lowest BCUT2D eigenvalue weighted by Gasteiger charge is -2.24. The molecule has 12 aromatic rings. The van der Waals surface area contributed by atoms with Crippen molar-refractivity contribution in [2.24, 2.45) is 0 Å². The molecule has 0 amide bonds. The number of benzene rings is 10. The van der Waals surface area contributed by atoms with Gasteiger partial charge in [0.25, 0.3) is 0 Å². The number of aromatic nitrogens is 4. The van der Waals surface area contributed by atoms with E-state index in [4.69, 9.17) is 9.97 Å². The molecule has 0 aliphatic heterocycles. The van der Waals surface area contributed by atoms with Crippen molar-refractivity contribution in [3.05, 3.63) is 315 Å². The summed E-state index contributed by atoms with van der Waals surface area (Å²) < 4.78 is 4.76. The van der Waals surface area contributed by atoms with E-state index in [9.17, 15) is 0 Å². The van der Waals surface area contributed by atoms with Crippen LogP contribution in [-0.2, 0) is 0 Å². The zero-order valence-corrected chi connectivity index (χ0v) is 46.2. The predicted molar refractivity (Wildman–Crippen MR) is 348 cm³/mol. The van der Waals surface area contributed by atoms with Gasteiger partial charge in [-0.05, 0) is 117 Å². The Balaban J connectivity index is 1.01. The summed E-state index contributed by atoms with van der Waals surface area (Å²) in [6, 6.07) is 92.0. The van der Waals surface area contributed by atoms with E-state index in [-0.39, 0.29) is 0 Å². The number of hydrogen-bond acceptors (Lipinski definition) is 2. The lowest BCUT2D eigenvalue weighted by molar-refractivity contribution is 0.860. The first-order chi connectivity index (χ1) is 41.2. The smallest absolute Gasteiger partial charge is 0.145 e. The number of rotatable bonds is 12. The molecule has 83 heavy (non-hydrogen) atoms. The number of fused-ring (bicyclic) bond motifs is 1. The van der Waals surface area contributed by atoms with Crippen molar-refractivity contribution in [2.75, 3.05) is 0 Å². The van der Waals surface area contributed by atoms with E-state index in [1.165, 1.54) is 27.5 Å². The van der Waals surface area contributed by atoms with Gasteiger partial charge in [-0.1, -0.05) is 279 Å². The highest BCUT2D eigenvalue weighted by Crippen LogP contribution is 2.52. The molecule has 10 aromatic carbocycles. The molecule has 0 saturated carbocycles. The molecule has 0 bridgehead atoms. The Bertz CT molecular complexity index is 4430. The maximum atomic E-state index is 5.72. The molecule has 0 atom stereocenters. The van der Waals surface area contributed by atoms with Crippen molar-refractivity contribution < 1.29 is 0 Å². The molecule has 14 rings (SSSR count). The van der Waals surface area contributed by atoms with Crippen molar-refractivity contribution in [1.29, 1.82) is 0 Å². The number of para-hydroxylation sites is 2. The highest BCUT2D eigenvalue weighted by atomic mass is 15.1. The third-order valence-corrected chi connectivity index (χ3v) is 16.1. The van der Waals surface area contributed by atoms with Gasteiger partial charge in [0.1, 0.15) is 11.6 Å². The van der Waals surface area contributed by atoms with Gasteiger partial charge in [0.2, 0.25) is 0 Å². The van der Waals surface area contributed by atoms with Crippen LogP contribution in [0.3, 0.4) is 0 Å². The zero-order chi connectivity index (χ0) is 55.3. The predicted octanol–water partition coefficient (Wildman–Crippen LogP) is 21.0. The van der Waals surface area contributed by atoms with Gasteiger partial charge in [-0.2, -0.15) is 0 Å². The topological polar surface area (TPSA) is 35.6 Å². The van der Waals surface area contributed by atoms with Gasteiger partial charge in [-0.3, -0.25) is 9.13 Å². The Kier molecular flexibility index (Phi) is 14.1. The van der Waals surface area contributed by atoms with E-state index in [2.05, 4.69) is 313 Å². The van der Waals surface area contributed by atoms with Gasteiger partial charge in [0.05, 0.1) is 22.8 Å². The Hall–Kier alpha value is -10.4. The van der Waals surface area contributed by atoms with Crippen molar-refractivity contribution in [3.8, 4) is 101 Å². The summed E-state index contributed by atoms with van der Waals surface area (Å²) in [7, 11) is 0. The fourth-order valence-corrected chi connectivity index (χ4v) is 12.3. The van der Waals surface area contributed by atoms with Gasteiger partial charge in [0, 0.05) is 39.2 Å². The summed E-state index contributed by atoms with van der Waals surface area (Å²) in [4.78, 5) is 11.3. The first kappa shape index (κ1) is 50.8. The van der Waals surface area contributed by atoms with Gasteiger partial charge in [-0.15, -0.1) is 0 Å². The summed E-state index contributed by atoms with van der Waals surface area (Å²) in [6.45, 7) is 0. The first-order valence-corrected chi connectivity index (χ1v) is 29.0. The summed E-state index contributed by atoms with van der Waals surface area (Å²) in [5.41, 5.74) is 22.2. The molecule has 0 spiro atoms. The SMILES string of the molecule is C1=CCC=CC(c2nc(-c3ccc(-c4c(-c5ccc(-c6nc(-c7ccccc7)c(-c7ccccc7)n6-c6ccccc6)cc5)c(-c5ccccc5)c5ccccc5c4-c4ccccc4)cc3)n(-c3ccccc3)c2/C2=C/C/C=C\CCC2)=C1. The molecule has 0 radical (unpaired) electrons. The van der Waals surface area contributed by atoms with Crippen LogP contribution in [0.4, 0.5) is 0 Å². The maximum Gasteiger partial charge on any atom is 0.145 e. The van der Waals surface area contributed by atoms with Crippen LogP contribution in [0, 0.1) is 0 Å². The highest BCUT2D eigenvalue weighted by molar-refractivity contribution is 6.18. The number of hydrogen-bond donors (Lipinski definition) is 0. The molecule has 2 aliphatic rings. The Morgan fingerprint density at radius 2 is 0.759 bits per heavy atom. The second kappa shape index (κ2) is 23.0. The zero-order valence-electron chi connectivity index (χ0n) is 46.2. The highest BCUT2D eigenvalue weighted by Gasteiger charge is 2.28. The Morgan fingerprint density at radius 3 is 1.29 bits per heavy atom. The molecule has 396 valence electrons. The standard InChI is InChI=1S/C79H60N4/c1-2-14-38-62(39-15-3-1)76-74(60-34-12-4-5-13-35-60)80-78(82(76)66-42-24-10-25-43-66)64-52-48-58(49-53-64)72-70(56-30-16-6-17-31-56)68-46-28-29-47-69(68)71(57-32-18-7-19-33-57)73(72)59-50-54-65(55-51-59)79-81-75(61-36-20-8-21-37-61)77(63-40-22-9-23-41-63)83(79)67-44-26-11-27-45-67/h1-2,4,6-13,16-38,40-55H,3,5,14-15,39H2/b2-1-,62-38+. The molecule has 0 N–H and O–H groups in total. The molecule has 4 nitrogen and oxygen atoms in total. The first-order valence-electron chi connectivity index (χ1n) is 29.0. The molecule has 4 heteroatoms. The summed E-state index contributed by atoms with van der Waals surface area (Å²) in [6.07, 6.45) is 23.1. The van der Waals surface area contributed by atoms with Crippen molar-refractivity contribution in [1.82, 2.24) is 19.1 Å². The third-order valence-electron chi connectivity index (χ3n) is 16.1. The van der Waals surface area contributed by atoms with Gasteiger partial charge in [-0.25, -0.2) is 9.97 Å². The van der Waals surface area contributed by atoms with Gasteiger partial charge in [0.15, 0.2) is 0 Å². The Morgan fingerprint density at radius 1 is 0.325 bits per heavy atom. The van der Waals surface area contributed by atoms with E-state index < -0.39 is 0 Å². The van der Waals surface area contributed by atoms with E-state index in [0.717, 1.165) is 139 Å². The van der Waals surface area contributed by atoms with E-state index in [0.29, 0.717) is 0 Å². The van der Waals surface area contributed by atoms with Crippen LogP contribution in [-0.4, -0.2) is 19.1 Å². The minimum Gasteiger partial charge on any atom is -0.292 e. The van der Waals surface area contributed by atoms with E-state index in [1.807, 2.05) is 0 Å². The molecule has 2 aromatic heterocycles. The summed E-state index contributed by atoms with van der Waals surface area (Å²) in [5, 5.41) is 2.39. The van der Waals surface area contributed by atoms with Crippen LogP contribution < -0.4 is 0 Å². The molecule has 0 unspecified atom stereocenters. The molecule has 2 aliphatic carbocycles. The fourth-order valence-electron chi connectivity index (χ4n) is 12.3. The molecular formula is C79H60N4. The number of allylic oxidation sites excluding steroid dienone is 10. The van der Waals surface area contributed by atoms with E-state index >= 15 is 0 Å². The van der Waals surface area contributed by atoms with Crippen molar-refractivity contribution in [3.63, 3.8) is 0 Å². The quantitative estimate of drug-likeness (QED) is 0.114. The monoisotopic (exact) mass is 1060 g/mol. The molecule has 2 heterocycles. The van der Waals surface area contributed by atoms with Crippen LogP contribution in [0.5, 0.6) is 0 Å². The third kappa shape index (κ3) is 9.85. The molecule has 0 saturated heterocycles. The normalized spacial score (nSPS) is 14.3. The maximum absolute atomic E-state index is 5.72. The van der Waals surface area contributed by atoms with Gasteiger partial charge < -0.3 is 0 Å². The minimum absolute atomic E-state index is 0.869. The average molecular weight is 1070 g/mol. The number of nitrogens with zero attached hydrogens (tertiary/aromatic N) is 4. The lowest BCUT2D eigenvalue weighted by Crippen LogP contribution is -2.04. The minimum atomic E-state index is 0.869. The van der Waals surface area contributed by atoms with Crippen molar-refractivity contribution in [2.45, 2.75) is 32.1 Å². The van der Waals surface area contributed by atoms with Crippen LogP contribution in [0.15, 0.2) is 303 Å². The van der Waals surface area contributed by atoms with Crippen molar-refractivity contribution >= 4 is 21.9 Å². The number of imidazole rings is 2. The summed E-state index contributed by atoms with van der Waals surface area (Å²) in [5.74, 6) is 1.78. The second-order valence-corrected chi connectivity index (χ2v) is 21.3. The second-order valence-electron chi connectivity index (χ2n) is 21.3. The van der Waals surface area contributed by atoms with Crippen LogP contribution in [0.25, 0.3) is 123 Å². The summed E-state index contributed by atoms with van der Waals surface area (Å²) >= 11 is 0. The Labute approximate surface area is 486 Å². The van der Waals surface area contributed by atoms with Crippen LogP contribution in [0.2, 0.25) is 0 Å². The average Bonchev–Trinajstić information content (AvgIpc) is 3.85. The molecular weight excluding hydrogens is 1000 g/mol. The van der Waals surface area contributed by atoms with E-state index in [1.54, 1.807) is 0 Å². The van der Waals surface area contributed by atoms with Crippen LogP contribution >= 0.6 is 0 Å². The largest absolute Gasteiger partial charge is 0.292 e. The lowest BCUT2D eigenvalue weighted by atomic mass is 9.79. The fraction of sp³-hybridized carbons (Fsp3) is 0.0633. The van der Waals surface area contributed by atoms with Gasteiger partial charge >= 0.3 is 0 Å².